The van der Waals surface area contributed by atoms with Crippen molar-refractivity contribution in [3.63, 3.8) is 0 Å². The lowest BCUT2D eigenvalue weighted by Crippen LogP contribution is -2.25. The van der Waals surface area contributed by atoms with Crippen LogP contribution in [-0.4, -0.2) is 12.6 Å². The molecule has 3 rings (SSSR count). The lowest BCUT2D eigenvalue weighted by atomic mass is 10.1. The Morgan fingerprint density at radius 2 is 2.12 bits per heavy atom. The molecule has 0 saturated carbocycles. The molecule has 1 heterocycles. The van der Waals surface area contributed by atoms with Gasteiger partial charge in [0.2, 0.25) is 0 Å². The molecule has 0 fully saturated rings. The summed E-state index contributed by atoms with van der Waals surface area (Å²) in [4.78, 5) is 0. The molecule has 1 aliphatic carbocycles. The van der Waals surface area contributed by atoms with Crippen LogP contribution in [-0.2, 0) is 13.0 Å². The van der Waals surface area contributed by atoms with Crippen molar-refractivity contribution in [2.45, 2.75) is 31.8 Å². The number of halogens is 1. The minimum atomic E-state index is 0.575. The number of rotatable bonds is 3. The van der Waals surface area contributed by atoms with Crippen molar-refractivity contribution in [2.24, 2.45) is 0 Å². The SMILES string of the molecule is Clc1cc2c(c(CNC3CC=CC3)c1)OCC2. The van der Waals surface area contributed by atoms with Gasteiger partial charge in [-0.2, -0.15) is 0 Å². The van der Waals surface area contributed by atoms with Crippen LogP contribution < -0.4 is 10.1 Å². The first-order valence-electron chi connectivity index (χ1n) is 6.15. The molecule has 90 valence electrons. The minimum Gasteiger partial charge on any atom is -0.493 e. The normalized spacial score (nSPS) is 18.4. The number of ether oxygens (including phenoxy) is 1. The van der Waals surface area contributed by atoms with E-state index in [0.717, 1.165) is 43.2 Å². The first kappa shape index (κ1) is 11.1. The molecule has 0 saturated heterocycles. The molecule has 1 aromatic carbocycles. The molecule has 17 heavy (non-hydrogen) atoms. The largest absolute Gasteiger partial charge is 0.493 e. The van der Waals surface area contributed by atoms with E-state index >= 15 is 0 Å². The molecule has 0 bridgehead atoms. The molecule has 1 N–H and O–H groups in total. The Hall–Kier alpha value is -0.990. The van der Waals surface area contributed by atoms with Crippen LogP contribution in [0.5, 0.6) is 5.75 Å². The molecule has 0 unspecified atom stereocenters. The third-order valence-corrected chi connectivity index (χ3v) is 3.63. The molecule has 0 spiro atoms. The van der Waals surface area contributed by atoms with Gasteiger partial charge in [-0.15, -0.1) is 0 Å². The van der Waals surface area contributed by atoms with E-state index in [-0.39, 0.29) is 0 Å². The number of benzene rings is 1. The summed E-state index contributed by atoms with van der Waals surface area (Å²) >= 11 is 6.13. The Balaban J connectivity index is 1.73. The highest BCUT2D eigenvalue weighted by molar-refractivity contribution is 6.30. The van der Waals surface area contributed by atoms with Gasteiger partial charge in [-0.1, -0.05) is 23.8 Å². The van der Waals surface area contributed by atoms with Crippen molar-refractivity contribution < 1.29 is 4.74 Å². The van der Waals surface area contributed by atoms with E-state index < -0.39 is 0 Å². The molecule has 0 aromatic heterocycles. The number of hydrogen-bond acceptors (Lipinski definition) is 2. The summed E-state index contributed by atoms with van der Waals surface area (Å²) in [6.45, 7) is 1.63. The Bertz CT molecular complexity index is 448. The van der Waals surface area contributed by atoms with Gasteiger partial charge in [0.05, 0.1) is 6.61 Å². The Kier molecular flexibility index (Phi) is 3.08. The molecule has 1 aromatic rings. The Morgan fingerprint density at radius 3 is 2.94 bits per heavy atom. The number of nitrogens with one attached hydrogen (secondary N) is 1. The fraction of sp³-hybridized carbons (Fsp3) is 0.429. The average Bonchev–Trinajstić information content (AvgIpc) is 2.95. The van der Waals surface area contributed by atoms with Crippen LogP contribution in [0.15, 0.2) is 24.3 Å². The quantitative estimate of drug-likeness (QED) is 0.832. The molecule has 1 aliphatic heterocycles. The van der Waals surface area contributed by atoms with E-state index in [1.807, 2.05) is 12.1 Å². The van der Waals surface area contributed by atoms with Crippen molar-refractivity contribution in [2.75, 3.05) is 6.61 Å². The molecule has 2 nitrogen and oxygen atoms in total. The van der Waals surface area contributed by atoms with Crippen molar-refractivity contribution in [1.82, 2.24) is 5.32 Å². The molecule has 3 heteroatoms. The number of fused-ring (bicyclic) bond motifs is 1. The zero-order valence-corrected chi connectivity index (χ0v) is 10.5. The summed E-state index contributed by atoms with van der Waals surface area (Å²) in [5.74, 6) is 1.05. The third-order valence-electron chi connectivity index (χ3n) is 3.41. The third kappa shape index (κ3) is 2.33. The first-order valence-corrected chi connectivity index (χ1v) is 6.53. The molecule has 0 radical (unpaired) electrons. The van der Waals surface area contributed by atoms with Gasteiger partial charge in [0.25, 0.3) is 0 Å². The van der Waals surface area contributed by atoms with Crippen LogP contribution >= 0.6 is 11.6 Å². The fourth-order valence-electron chi connectivity index (χ4n) is 2.52. The second-order valence-electron chi connectivity index (χ2n) is 4.67. The summed E-state index contributed by atoms with van der Waals surface area (Å²) in [5.41, 5.74) is 2.44. The van der Waals surface area contributed by atoms with Gasteiger partial charge in [-0.3, -0.25) is 0 Å². The Labute approximate surface area is 107 Å². The lowest BCUT2D eigenvalue weighted by molar-refractivity contribution is 0.351. The van der Waals surface area contributed by atoms with Gasteiger partial charge < -0.3 is 10.1 Å². The maximum Gasteiger partial charge on any atom is 0.127 e. The summed E-state index contributed by atoms with van der Waals surface area (Å²) in [6.07, 6.45) is 7.70. The van der Waals surface area contributed by atoms with Gasteiger partial charge in [-0.05, 0) is 30.5 Å². The standard InChI is InChI=1S/C14H16ClNO/c15-12-7-10-5-6-17-14(10)11(8-12)9-16-13-3-1-2-4-13/h1-2,7-8,13,16H,3-6,9H2. The van der Waals surface area contributed by atoms with Crippen LogP contribution in [0.25, 0.3) is 0 Å². The van der Waals surface area contributed by atoms with E-state index in [2.05, 4.69) is 17.5 Å². The lowest BCUT2D eigenvalue weighted by Gasteiger charge is -2.14. The van der Waals surface area contributed by atoms with Crippen molar-refractivity contribution in [3.05, 3.63) is 40.4 Å². The average molecular weight is 250 g/mol. The van der Waals surface area contributed by atoms with E-state index in [0.29, 0.717) is 6.04 Å². The van der Waals surface area contributed by atoms with Gasteiger partial charge in [0.1, 0.15) is 5.75 Å². The van der Waals surface area contributed by atoms with Crippen molar-refractivity contribution in [1.29, 1.82) is 0 Å². The maximum absolute atomic E-state index is 6.13. The molecular weight excluding hydrogens is 234 g/mol. The van der Waals surface area contributed by atoms with Gasteiger partial charge >= 0.3 is 0 Å². The smallest absolute Gasteiger partial charge is 0.127 e. The second-order valence-corrected chi connectivity index (χ2v) is 5.11. The highest BCUT2D eigenvalue weighted by Crippen LogP contribution is 2.32. The molecule has 0 atom stereocenters. The van der Waals surface area contributed by atoms with E-state index in [4.69, 9.17) is 16.3 Å². The maximum atomic E-state index is 6.13. The van der Waals surface area contributed by atoms with Crippen molar-refractivity contribution >= 4 is 11.6 Å². The first-order chi connectivity index (χ1) is 8.33. The predicted octanol–water partition coefficient (Wildman–Crippen LogP) is 3.08. The topological polar surface area (TPSA) is 21.3 Å². The van der Waals surface area contributed by atoms with Gasteiger partial charge in [-0.25, -0.2) is 0 Å². The second kappa shape index (κ2) is 4.71. The van der Waals surface area contributed by atoms with E-state index in [9.17, 15) is 0 Å². The van der Waals surface area contributed by atoms with E-state index in [1.165, 1.54) is 11.1 Å². The van der Waals surface area contributed by atoms with Crippen LogP contribution in [0.4, 0.5) is 0 Å². The Morgan fingerprint density at radius 1 is 1.29 bits per heavy atom. The summed E-state index contributed by atoms with van der Waals surface area (Å²) in [7, 11) is 0. The highest BCUT2D eigenvalue weighted by Gasteiger charge is 2.18. The predicted molar refractivity (Wildman–Crippen MR) is 69.7 cm³/mol. The van der Waals surface area contributed by atoms with E-state index in [1.54, 1.807) is 0 Å². The van der Waals surface area contributed by atoms with Crippen LogP contribution in [0.2, 0.25) is 5.02 Å². The summed E-state index contributed by atoms with van der Waals surface area (Å²) in [5, 5.41) is 4.37. The number of hydrogen-bond donors (Lipinski definition) is 1. The fourth-order valence-corrected chi connectivity index (χ4v) is 2.78. The molecular formula is C14H16ClNO. The molecule has 0 amide bonds. The van der Waals surface area contributed by atoms with Gasteiger partial charge in [0.15, 0.2) is 0 Å². The highest BCUT2D eigenvalue weighted by atomic mass is 35.5. The minimum absolute atomic E-state index is 0.575. The molecule has 2 aliphatic rings. The van der Waals surface area contributed by atoms with Crippen LogP contribution in [0.3, 0.4) is 0 Å². The zero-order valence-electron chi connectivity index (χ0n) is 9.71. The summed E-state index contributed by atoms with van der Waals surface area (Å²) in [6, 6.07) is 4.61. The van der Waals surface area contributed by atoms with Crippen molar-refractivity contribution in [3.8, 4) is 5.75 Å². The monoisotopic (exact) mass is 249 g/mol. The van der Waals surface area contributed by atoms with Crippen LogP contribution in [0.1, 0.15) is 24.0 Å². The van der Waals surface area contributed by atoms with Gasteiger partial charge in [0, 0.05) is 29.6 Å². The summed E-state index contributed by atoms with van der Waals surface area (Å²) < 4.78 is 5.69. The zero-order chi connectivity index (χ0) is 11.7. The van der Waals surface area contributed by atoms with Crippen LogP contribution in [0, 0.1) is 0 Å².